The summed E-state index contributed by atoms with van der Waals surface area (Å²) in [6, 6.07) is 2.21. The fraction of sp³-hybridized carbons (Fsp3) is 0.500. The zero-order valence-electron chi connectivity index (χ0n) is 9.37. The number of hydrogen-bond acceptors (Lipinski definition) is 4. The lowest BCUT2D eigenvalue weighted by atomic mass is 10.1. The maximum absolute atomic E-state index is 12.4. The highest BCUT2D eigenvalue weighted by Crippen LogP contribution is 2.31. The van der Waals surface area contributed by atoms with E-state index in [1.54, 1.807) is 6.07 Å². The van der Waals surface area contributed by atoms with Crippen LogP contribution < -0.4 is 0 Å². The first-order valence-corrected chi connectivity index (χ1v) is 8.48. The molecular formula is C10H12BrNO4S2. The smallest absolute Gasteiger partial charge is 0.322 e. The Morgan fingerprint density at radius 1 is 1.44 bits per heavy atom. The van der Waals surface area contributed by atoms with Crippen LogP contribution in [0.25, 0.3) is 0 Å². The molecule has 18 heavy (non-hydrogen) atoms. The third-order valence-corrected chi connectivity index (χ3v) is 6.85. The first-order chi connectivity index (χ1) is 8.43. The van der Waals surface area contributed by atoms with Gasteiger partial charge in [0.15, 0.2) is 0 Å². The molecule has 1 N–H and O–H groups in total. The molecule has 100 valence electrons. The van der Waals surface area contributed by atoms with Crippen LogP contribution in [-0.2, 0) is 14.8 Å². The van der Waals surface area contributed by atoms with Crippen molar-refractivity contribution in [2.75, 3.05) is 6.54 Å². The quantitative estimate of drug-likeness (QED) is 0.903. The van der Waals surface area contributed by atoms with Gasteiger partial charge in [-0.25, -0.2) is 8.42 Å². The Kier molecular flexibility index (Phi) is 4.10. The van der Waals surface area contributed by atoms with Gasteiger partial charge in [-0.05, 0) is 47.3 Å². The fourth-order valence-electron chi connectivity index (χ4n) is 1.99. The summed E-state index contributed by atoms with van der Waals surface area (Å²) in [6.45, 7) is 0.273. The average molecular weight is 354 g/mol. The van der Waals surface area contributed by atoms with Gasteiger partial charge in [0.2, 0.25) is 0 Å². The zero-order valence-corrected chi connectivity index (χ0v) is 12.6. The molecule has 2 rings (SSSR count). The largest absolute Gasteiger partial charge is 0.480 e. The molecule has 1 saturated heterocycles. The van der Waals surface area contributed by atoms with Gasteiger partial charge in [-0.15, -0.1) is 11.3 Å². The van der Waals surface area contributed by atoms with Crippen molar-refractivity contribution in [1.29, 1.82) is 0 Å². The molecule has 1 atom stereocenters. The Bertz CT molecular complexity index is 554. The van der Waals surface area contributed by atoms with Crippen molar-refractivity contribution in [2.24, 2.45) is 0 Å². The number of nitrogens with zero attached hydrogens (tertiary/aromatic N) is 1. The zero-order chi connectivity index (χ0) is 13.3. The van der Waals surface area contributed by atoms with Crippen LogP contribution in [0.3, 0.4) is 0 Å². The minimum absolute atomic E-state index is 0.183. The number of halogens is 1. The van der Waals surface area contributed by atoms with Crippen molar-refractivity contribution in [3.63, 3.8) is 0 Å². The molecular weight excluding hydrogens is 342 g/mol. The van der Waals surface area contributed by atoms with E-state index in [-0.39, 0.29) is 10.8 Å². The van der Waals surface area contributed by atoms with Crippen molar-refractivity contribution in [2.45, 2.75) is 29.5 Å². The van der Waals surface area contributed by atoms with Gasteiger partial charge < -0.3 is 5.11 Å². The second-order valence-electron chi connectivity index (χ2n) is 4.02. The molecule has 1 fully saturated rings. The molecule has 0 aliphatic carbocycles. The van der Waals surface area contributed by atoms with Gasteiger partial charge in [0.1, 0.15) is 10.3 Å². The average Bonchev–Trinajstić information content (AvgIpc) is 2.76. The van der Waals surface area contributed by atoms with Crippen LogP contribution in [-0.4, -0.2) is 36.4 Å². The molecule has 0 saturated carbocycles. The summed E-state index contributed by atoms with van der Waals surface area (Å²) in [5, 5.41) is 9.11. The predicted molar refractivity (Wildman–Crippen MR) is 71.2 cm³/mol. The number of carbonyl (C=O) groups is 1. The first kappa shape index (κ1) is 14.0. The third kappa shape index (κ3) is 2.61. The van der Waals surface area contributed by atoms with E-state index < -0.39 is 22.0 Å². The Hall–Kier alpha value is -0.440. The van der Waals surface area contributed by atoms with E-state index in [1.807, 2.05) is 0 Å². The van der Waals surface area contributed by atoms with Crippen LogP contribution in [0.2, 0.25) is 0 Å². The van der Waals surface area contributed by atoms with Gasteiger partial charge in [0.25, 0.3) is 10.0 Å². The summed E-state index contributed by atoms with van der Waals surface area (Å²) in [7, 11) is -3.69. The lowest BCUT2D eigenvalue weighted by Gasteiger charge is -2.31. The van der Waals surface area contributed by atoms with E-state index in [0.717, 1.165) is 22.1 Å². The highest BCUT2D eigenvalue weighted by Gasteiger charge is 2.38. The molecule has 0 bridgehead atoms. The molecule has 1 aromatic rings. The number of aliphatic carboxylic acids is 1. The van der Waals surface area contributed by atoms with E-state index >= 15 is 0 Å². The Morgan fingerprint density at radius 2 is 2.17 bits per heavy atom. The molecule has 5 nitrogen and oxygen atoms in total. The highest BCUT2D eigenvalue weighted by atomic mass is 79.9. The number of thiophene rings is 1. The molecule has 8 heteroatoms. The molecule has 0 radical (unpaired) electrons. The molecule has 0 aromatic carbocycles. The molecule has 1 aliphatic rings. The Morgan fingerprint density at radius 3 is 2.72 bits per heavy atom. The monoisotopic (exact) mass is 353 g/mol. The van der Waals surface area contributed by atoms with Gasteiger partial charge in [-0.1, -0.05) is 0 Å². The van der Waals surface area contributed by atoms with Crippen molar-refractivity contribution in [1.82, 2.24) is 4.31 Å². The molecule has 2 heterocycles. The lowest BCUT2D eigenvalue weighted by molar-refractivity contribution is -0.142. The SMILES string of the molecule is O=C(O)[C@H]1CCCCN1S(=O)(=O)c1ccc(Br)s1. The Labute approximate surface area is 118 Å². The molecule has 1 aromatic heterocycles. The van der Waals surface area contributed by atoms with Gasteiger partial charge in [0, 0.05) is 6.54 Å². The normalized spacial score (nSPS) is 21.9. The van der Waals surface area contributed by atoms with Crippen LogP contribution in [0.5, 0.6) is 0 Å². The maximum atomic E-state index is 12.4. The minimum atomic E-state index is -3.69. The molecule has 0 unspecified atom stereocenters. The van der Waals surface area contributed by atoms with Gasteiger partial charge >= 0.3 is 5.97 Å². The van der Waals surface area contributed by atoms with E-state index in [4.69, 9.17) is 5.11 Å². The van der Waals surface area contributed by atoms with Gasteiger partial charge in [-0.2, -0.15) is 4.31 Å². The summed E-state index contributed by atoms with van der Waals surface area (Å²) < 4.78 is 26.7. The van der Waals surface area contributed by atoms with Gasteiger partial charge in [0.05, 0.1) is 3.79 Å². The molecule has 0 amide bonds. The Balaban J connectivity index is 2.36. The van der Waals surface area contributed by atoms with Crippen LogP contribution in [0.4, 0.5) is 0 Å². The highest BCUT2D eigenvalue weighted by molar-refractivity contribution is 9.11. The number of carboxylic acid groups (broad SMARTS) is 1. The summed E-state index contributed by atoms with van der Waals surface area (Å²) in [4.78, 5) is 11.1. The van der Waals surface area contributed by atoms with E-state index in [2.05, 4.69) is 15.9 Å². The van der Waals surface area contributed by atoms with Crippen LogP contribution in [0, 0.1) is 0 Å². The van der Waals surface area contributed by atoms with E-state index in [0.29, 0.717) is 16.6 Å². The third-order valence-electron chi connectivity index (χ3n) is 2.85. The van der Waals surface area contributed by atoms with E-state index in [9.17, 15) is 13.2 Å². The second kappa shape index (κ2) is 5.28. The summed E-state index contributed by atoms with van der Waals surface area (Å²) >= 11 is 4.31. The van der Waals surface area contributed by atoms with Crippen molar-refractivity contribution >= 4 is 43.3 Å². The number of sulfonamides is 1. The number of rotatable bonds is 3. The fourth-order valence-corrected chi connectivity index (χ4v) is 5.78. The standard InChI is InChI=1S/C10H12BrNO4S2/c11-8-4-5-9(17-8)18(15,16)12-6-2-1-3-7(12)10(13)14/h4-5,7H,1-3,6H2,(H,13,14)/t7-/m1/s1. The van der Waals surface area contributed by atoms with E-state index in [1.165, 1.54) is 6.07 Å². The van der Waals surface area contributed by atoms with Crippen molar-refractivity contribution in [3.05, 3.63) is 15.9 Å². The van der Waals surface area contributed by atoms with Gasteiger partial charge in [-0.3, -0.25) is 4.79 Å². The number of hydrogen-bond donors (Lipinski definition) is 1. The topological polar surface area (TPSA) is 74.7 Å². The lowest BCUT2D eigenvalue weighted by Crippen LogP contribution is -2.47. The summed E-state index contributed by atoms with van der Waals surface area (Å²) in [6.07, 6.45) is 1.83. The van der Waals surface area contributed by atoms with Crippen LogP contribution >= 0.6 is 27.3 Å². The number of piperidine rings is 1. The minimum Gasteiger partial charge on any atom is -0.480 e. The van der Waals surface area contributed by atoms with Crippen LogP contribution in [0.1, 0.15) is 19.3 Å². The maximum Gasteiger partial charge on any atom is 0.322 e. The molecule has 1 aliphatic heterocycles. The first-order valence-electron chi connectivity index (χ1n) is 5.43. The summed E-state index contributed by atoms with van der Waals surface area (Å²) in [5.41, 5.74) is 0. The molecule has 0 spiro atoms. The van der Waals surface area contributed by atoms with Crippen LogP contribution in [0.15, 0.2) is 20.1 Å². The number of carboxylic acids is 1. The predicted octanol–water partition coefficient (Wildman–Crippen LogP) is 2.14. The van der Waals surface area contributed by atoms with Crippen molar-refractivity contribution < 1.29 is 18.3 Å². The summed E-state index contributed by atoms with van der Waals surface area (Å²) in [5.74, 6) is -1.08. The van der Waals surface area contributed by atoms with Crippen molar-refractivity contribution in [3.8, 4) is 0 Å². The second-order valence-corrected chi connectivity index (χ2v) is 8.60.